The Morgan fingerprint density at radius 2 is 1.92 bits per heavy atom. The van der Waals surface area contributed by atoms with E-state index in [1.54, 1.807) is 0 Å². The van der Waals surface area contributed by atoms with Gasteiger partial charge in [-0.2, -0.15) is 0 Å². The van der Waals surface area contributed by atoms with E-state index in [2.05, 4.69) is 5.32 Å². The highest BCUT2D eigenvalue weighted by Gasteiger charge is 2.15. The fourth-order valence-corrected chi connectivity index (χ4v) is 2.89. The van der Waals surface area contributed by atoms with Gasteiger partial charge in [0.1, 0.15) is 22.2 Å². The van der Waals surface area contributed by atoms with E-state index in [0.29, 0.717) is 13.2 Å². The van der Waals surface area contributed by atoms with E-state index in [0.717, 1.165) is 22.8 Å². The Balaban J connectivity index is 1.74. The van der Waals surface area contributed by atoms with Crippen molar-refractivity contribution >= 4 is 26.5 Å². The summed E-state index contributed by atoms with van der Waals surface area (Å²) < 4.78 is 27.7. The van der Waals surface area contributed by atoms with Crippen LogP contribution in [0.2, 0.25) is 0 Å². The van der Waals surface area contributed by atoms with Crippen LogP contribution in [0, 0.1) is 0 Å². The topological polar surface area (TPSA) is 98.5 Å². The lowest BCUT2D eigenvalue weighted by atomic mass is 10.1. The summed E-state index contributed by atoms with van der Waals surface area (Å²) in [6.45, 7) is 0.612. The molecule has 0 aromatic heterocycles. The number of hydrogen-bond donors (Lipinski definition) is 2. The average molecular weight is 350 g/mol. The third-order valence-electron chi connectivity index (χ3n) is 3.53. The van der Waals surface area contributed by atoms with Crippen LogP contribution in [0.3, 0.4) is 0 Å². The molecule has 24 heavy (non-hydrogen) atoms. The van der Waals surface area contributed by atoms with Crippen molar-refractivity contribution in [1.29, 1.82) is 0 Å². The predicted octanol–water partition coefficient (Wildman–Crippen LogP) is 1.10. The van der Waals surface area contributed by atoms with Crippen molar-refractivity contribution in [2.75, 3.05) is 25.2 Å². The summed E-state index contributed by atoms with van der Waals surface area (Å²) in [6, 6.07) is 12.9. The van der Waals surface area contributed by atoms with E-state index in [4.69, 9.17) is 10.5 Å². The fraction of sp³-hybridized carbons (Fsp3) is 0.353. The Hall–Kier alpha value is -2.12. The maximum Gasteiger partial charge on any atom is 0.237 e. The number of hydrogen-bond acceptors (Lipinski definition) is 5. The second kappa shape index (κ2) is 8.12. The number of carbonyl (C=O) groups excluding carboxylic acids is 1. The van der Waals surface area contributed by atoms with Gasteiger partial charge >= 0.3 is 0 Å². The van der Waals surface area contributed by atoms with Crippen molar-refractivity contribution < 1.29 is 17.9 Å². The first-order valence-corrected chi connectivity index (χ1v) is 9.74. The molecule has 0 saturated carbocycles. The molecular weight excluding hydrogens is 328 g/mol. The van der Waals surface area contributed by atoms with Crippen molar-refractivity contribution in [3.05, 3.63) is 42.5 Å². The lowest BCUT2D eigenvalue weighted by Crippen LogP contribution is -2.42. The second-order valence-electron chi connectivity index (χ2n) is 5.67. The summed E-state index contributed by atoms with van der Waals surface area (Å²) in [4.78, 5) is 11.8. The van der Waals surface area contributed by atoms with E-state index in [1.165, 1.54) is 0 Å². The third kappa shape index (κ3) is 5.82. The summed E-state index contributed by atoms with van der Waals surface area (Å²) >= 11 is 0. The van der Waals surface area contributed by atoms with Gasteiger partial charge in [-0.1, -0.05) is 30.3 Å². The van der Waals surface area contributed by atoms with Gasteiger partial charge < -0.3 is 15.8 Å². The summed E-state index contributed by atoms with van der Waals surface area (Å²) in [5.41, 5.74) is 5.66. The van der Waals surface area contributed by atoms with E-state index in [9.17, 15) is 13.2 Å². The first-order chi connectivity index (χ1) is 11.3. The number of amides is 1. The molecule has 2 aromatic rings. The molecule has 1 unspecified atom stereocenters. The molecule has 7 heteroatoms. The first-order valence-electron chi connectivity index (χ1n) is 7.68. The summed E-state index contributed by atoms with van der Waals surface area (Å²) in [6.07, 6.45) is 1.23. The smallest absolute Gasteiger partial charge is 0.237 e. The van der Waals surface area contributed by atoms with Crippen LogP contribution in [0.25, 0.3) is 10.8 Å². The Morgan fingerprint density at radius 3 is 2.62 bits per heavy atom. The third-order valence-corrected chi connectivity index (χ3v) is 4.50. The zero-order valence-corrected chi connectivity index (χ0v) is 14.4. The molecule has 0 aliphatic rings. The minimum Gasteiger partial charge on any atom is -0.492 e. The Labute approximate surface area is 141 Å². The standard InChI is InChI=1S/C17H22N2O4S/c1-24(21,22)11-8-16(18)17(20)19-9-10-23-15-7-6-13-4-2-3-5-14(13)12-15/h2-7,12,16H,8-11,18H2,1H3,(H,19,20). The summed E-state index contributed by atoms with van der Waals surface area (Å²) in [7, 11) is -3.12. The largest absolute Gasteiger partial charge is 0.492 e. The van der Waals surface area contributed by atoms with Crippen molar-refractivity contribution in [3.8, 4) is 5.75 Å². The van der Waals surface area contributed by atoms with Crippen LogP contribution in [0.1, 0.15) is 6.42 Å². The van der Waals surface area contributed by atoms with Crippen molar-refractivity contribution in [2.24, 2.45) is 5.73 Å². The van der Waals surface area contributed by atoms with Crippen LogP contribution in [0.4, 0.5) is 0 Å². The van der Waals surface area contributed by atoms with Gasteiger partial charge in [-0.25, -0.2) is 8.42 Å². The van der Waals surface area contributed by atoms with Crippen molar-refractivity contribution in [1.82, 2.24) is 5.32 Å². The van der Waals surface area contributed by atoms with Gasteiger partial charge in [0.25, 0.3) is 0 Å². The number of carbonyl (C=O) groups is 1. The second-order valence-corrected chi connectivity index (χ2v) is 7.93. The molecule has 0 saturated heterocycles. The van der Waals surface area contributed by atoms with Crippen LogP contribution in [-0.4, -0.2) is 45.5 Å². The number of sulfone groups is 1. The maximum atomic E-state index is 11.8. The summed E-state index contributed by atoms with van der Waals surface area (Å²) in [5.74, 6) is 0.250. The molecule has 2 aromatic carbocycles. The van der Waals surface area contributed by atoms with Gasteiger partial charge in [-0.15, -0.1) is 0 Å². The lowest BCUT2D eigenvalue weighted by molar-refractivity contribution is -0.122. The molecule has 0 spiro atoms. The summed E-state index contributed by atoms with van der Waals surface area (Å²) in [5, 5.41) is 4.86. The van der Waals surface area contributed by atoms with Gasteiger partial charge in [0, 0.05) is 6.26 Å². The lowest BCUT2D eigenvalue weighted by Gasteiger charge is -2.12. The van der Waals surface area contributed by atoms with E-state index in [1.807, 2.05) is 42.5 Å². The number of nitrogens with one attached hydrogen (secondary N) is 1. The number of nitrogens with two attached hydrogens (primary N) is 1. The molecule has 1 amide bonds. The normalized spacial score (nSPS) is 12.8. The van der Waals surface area contributed by atoms with Crippen molar-refractivity contribution in [3.63, 3.8) is 0 Å². The fourth-order valence-electron chi connectivity index (χ4n) is 2.20. The number of rotatable bonds is 8. The van der Waals surface area contributed by atoms with Crippen LogP contribution in [0.15, 0.2) is 42.5 Å². The molecule has 0 radical (unpaired) electrons. The maximum absolute atomic E-state index is 11.8. The molecule has 1 atom stereocenters. The molecule has 130 valence electrons. The Bertz CT molecular complexity index is 805. The minimum atomic E-state index is -3.12. The Kier molecular flexibility index (Phi) is 6.16. The van der Waals surface area contributed by atoms with E-state index < -0.39 is 15.9 Å². The van der Waals surface area contributed by atoms with Crippen LogP contribution in [0.5, 0.6) is 5.75 Å². The van der Waals surface area contributed by atoms with Crippen molar-refractivity contribution in [2.45, 2.75) is 12.5 Å². The first kappa shape index (κ1) is 18.2. The van der Waals surface area contributed by atoms with E-state index >= 15 is 0 Å². The van der Waals surface area contributed by atoms with Gasteiger partial charge in [0.15, 0.2) is 0 Å². The quantitative estimate of drug-likeness (QED) is 0.695. The highest BCUT2D eigenvalue weighted by molar-refractivity contribution is 7.90. The number of benzene rings is 2. The minimum absolute atomic E-state index is 0.102. The number of fused-ring (bicyclic) bond motifs is 1. The van der Waals surface area contributed by atoms with Crippen LogP contribution >= 0.6 is 0 Å². The Morgan fingerprint density at radius 1 is 1.21 bits per heavy atom. The molecule has 0 aliphatic heterocycles. The van der Waals surface area contributed by atoms with Crippen LogP contribution < -0.4 is 15.8 Å². The molecule has 0 bridgehead atoms. The highest BCUT2D eigenvalue weighted by atomic mass is 32.2. The monoisotopic (exact) mass is 350 g/mol. The number of ether oxygens (including phenoxy) is 1. The van der Waals surface area contributed by atoms with Gasteiger partial charge in [0.05, 0.1) is 18.3 Å². The molecule has 0 aliphatic carbocycles. The van der Waals surface area contributed by atoms with Crippen LogP contribution in [-0.2, 0) is 14.6 Å². The molecule has 2 rings (SSSR count). The van der Waals surface area contributed by atoms with Gasteiger partial charge in [-0.05, 0) is 29.3 Å². The molecule has 6 nitrogen and oxygen atoms in total. The molecule has 0 fully saturated rings. The van der Waals surface area contributed by atoms with Gasteiger partial charge in [0.2, 0.25) is 5.91 Å². The average Bonchev–Trinajstić information content (AvgIpc) is 2.55. The zero-order valence-electron chi connectivity index (χ0n) is 13.6. The molecule has 3 N–H and O–H groups in total. The predicted molar refractivity (Wildman–Crippen MR) is 94.8 cm³/mol. The molecule has 0 heterocycles. The SMILES string of the molecule is CS(=O)(=O)CCC(N)C(=O)NCCOc1ccc2ccccc2c1. The highest BCUT2D eigenvalue weighted by Crippen LogP contribution is 2.20. The van der Waals surface area contributed by atoms with Gasteiger partial charge in [-0.3, -0.25) is 4.79 Å². The van der Waals surface area contributed by atoms with E-state index in [-0.39, 0.29) is 18.1 Å². The molecular formula is C17H22N2O4S. The zero-order chi connectivity index (χ0) is 17.6.